The average molecular weight is 200 g/mol. The molecule has 3 nitrogen and oxygen atoms in total. The fourth-order valence-electron chi connectivity index (χ4n) is 0.908. The number of aromatic nitrogens is 1. The molecule has 0 amide bonds. The maximum absolute atomic E-state index is 5.39. The first-order chi connectivity index (χ1) is 6.29. The van der Waals surface area contributed by atoms with E-state index in [1.54, 1.807) is 11.3 Å². The Kier molecular flexibility index (Phi) is 4.97. The molecule has 1 rings (SSSR count). The van der Waals surface area contributed by atoms with E-state index in [0.29, 0.717) is 6.10 Å². The molecule has 4 heteroatoms. The van der Waals surface area contributed by atoms with Gasteiger partial charge in [0.1, 0.15) is 0 Å². The van der Waals surface area contributed by atoms with Crippen LogP contribution in [0.4, 0.5) is 0 Å². The van der Waals surface area contributed by atoms with Gasteiger partial charge in [-0.15, -0.1) is 11.3 Å². The zero-order valence-corrected chi connectivity index (χ0v) is 8.93. The van der Waals surface area contributed by atoms with E-state index in [1.807, 2.05) is 25.6 Å². The lowest BCUT2D eigenvalue weighted by atomic mass is 10.5. The molecule has 0 unspecified atom stereocenters. The molecule has 0 aliphatic rings. The first-order valence-corrected chi connectivity index (χ1v) is 5.36. The highest BCUT2D eigenvalue weighted by Crippen LogP contribution is 2.03. The zero-order valence-electron chi connectivity index (χ0n) is 8.12. The Labute approximate surface area is 83.1 Å². The maximum Gasteiger partial charge on any atom is 0.0794 e. The van der Waals surface area contributed by atoms with Gasteiger partial charge in [-0.2, -0.15) is 0 Å². The molecule has 13 heavy (non-hydrogen) atoms. The average Bonchev–Trinajstić information content (AvgIpc) is 2.55. The molecule has 1 aromatic heterocycles. The van der Waals surface area contributed by atoms with Gasteiger partial charge in [-0.05, 0) is 13.8 Å². The molecule has 0 saturated heterocycles. The van der Waals surface area contributed by atoms with Crippen molar-refractivity contribution < 1.29 is 4.74 Å². The van der Waals surface area contributed by atoms with Gasteiger partial charge in [-0.25, -0.2) is 0 Å². The molecule has 0 bridgehead atoms. The summed E-state index contributed by atoms with van der Waals surface area (Å²) in [6.45, 7) is 6.66. The second-order valence-electron chi connectivity index (χ2n) is 3.06. The molecule has 1 aromatic rings. The van der Waals surface area contributed by atoms with Crippen LogP contribution in [0.1, 0.15) is 18.7 Å². The Balaban J connectivity index is 1.96. The maximum atomic E-state index is 5.39. The van der Waals surface area contributed by atoms with Gasteiger partial charge in [0.05, 0.1) is 18.2 Å². The standard InChI is InChI=1S/C9H16N2OS/c1-8(2)12-4-3-10-5-9-6-11-7-13-9/h6-8,10H,3-5H2,1-2H3. The van der Waals surface area contributed by atoms with E-state index in [9.17, 15) is 0 Å². The van der Waals surface area contributed by atoms with Gasteiger partial charge >= 0.3 is 0 Å². The molecule has 0 atom stereocenters. The van der Waals surface area contributed by atoms with Gasteiger partial charge in [0.25, 0.3) is 0 Å². The summed E-state index contributed by atoms with van der Waals surface area (Å²) >= 11 is 1.67. The lowest BCUT2D eigenvalue weighted by molar-refractivity contribution is 0.0807. The quantitative estimate of drug-likeness (QED) is 0.709. The van der Waals surface area contributed by atoms with Crippen molar-refractivity contribution in [2.75, 3.05) is 13.2 Å². The Hall–Kier alpha value is -0.450. The Morgan fingerprint density at radius 1 is 1.62 bits per heavy atom. The first-order valence-electron chi connectivity index (χ1n) is 4.48. The largest absolute Gasteiger partial charge is 0.377 e. The molecule has 74 valence electrons. The third-order valence-electron chi connectivity index (χ3n) is 1.51. The van der Waals surface area contributed by atoms with Gasteiger partial charge in [0, 0.05) is 24.2 Å². The van der Waals surface area contributed by atoms with Crippen LogP contribution in [0.2, 0.25) is 0 Å². The van der Waals surface area contributed by atoms with Crippen molar-refractivity contribution in [1.29, 1.82) is 0 Å². The Morgan fingerprint density at radius 3 is 3.08 bits per heavy atom. The number of thiazole rings is 1. The smallest absolute Gasteiger partial charge is 0.0794 e. The van der Waals surface area contributed by atoms with Crippen molar-refractivity contribution in [3.63, 3.8) is 0 Å². The third kappa shape index (κ3) is 4.98. The van der Waals surface area contributed by atoms with Crippen LogP contribution in [0.3, 0.4) is 0 Å². The number of nitrogens with zero attached hydrogens (tertiary/aromatic N) is 1. The summed E-state index contributed by atoms with van der Waals surface area (Å²) in [6.07, 6.45) is 2.21. The third-order valence-corrected chi connectivity index (χ3v) is 2.29. The number of nitrogens with one attached hydrogen (secondary N) is 1. The van der Waals surface area contributed by atoms with Crippen LogP contribution in [0.25, 0.3) is 0 Å². The zero-order chi connectivity index (χ0) is 9.52. The summed E-state index contributed by atoms with van der Waals surface area (Å²) in [5.74, 6) is 0. The van der Waals surface area contributed by atoms with Gasteiger partial charge < -0.3 is 10.1 Å². The minimum atomic E-state index is 0.324. The monoisotopic (exact) mass is 200 g/mol. The Morgan fingerprint density at radius 2 is 2.46 bits per heavy atom. The lowest BCUT2D eigenvalue weighted by Gasteiger charge is -2.07. The number of rotatable bonds is 6. The highest BCUT2D eigenvalue weighted by Gasteiger charge is 1.94. The van der Waals surface area contributed by atoms with Crippen LogP contribution >= 0.6 is 11.3 Å². The summed E-state index contributed by atoms with van der Waals surface area (Å²) in [5, 5.41) is 3.29. The highest BCUT2D eigenvalue weighted by atomic mass is 32.1. The van der Waals surface area contributed by atoms with Crippen LogP contribution in [-0.2, 0) is 11.3 Å². The molecular weight excluding hydrogens is 184 g/mol. The van der Waals surface area contributed by atoms with Crippen LogP contribution in [0, 0.1) is 0 Å². The molecule has 0 saturated carbocycles. The molecule has 0 fully saturated rings. The number of hydrogen-bond donors (Lipinski definition) is 1. The summed E-state index contributed by atoms with van der Waals surface area (Å²) in [5.41, 5.74) is 1.85. The van der Waals surface area contributed by atoms with E-state index >= 15 is 0 Å². The number of hydrogen-bond acceptors (Lipinski definition) is 4. The van der Waals surface area contributed by atoms with Gasteiger partial charge in [-0.1, -0.05) is 0 Å². The van der Waals surface area contributed by atoms with Crippen molar-refractivity contribution in [2.24, 2.45) is 0 Å². The predicted molar refractivity (Wildman–Crippen MR) is 54.9 cm³/mol. The summed E-state index contributed by atoms with van der Waals surface area (Å²) in [6, 6.07) is 0. The van der Waals surface area contributed by atoms with E-state index in [1.165, 1.54) is 4.88 Å². The van der Waals surface area contributed by atoms with Crippen LogP contribution in [0.15, 0.2) is 11.7 Å². The molecule has 1 N–H and O–H groups in total. The fraction of sp³-hybridized carbons (Fsp3) is 0.667. The molecule has 0 aliphatic heterocycles. The minimum absolute atomic E-state index is 0.324. The van der Waals surface area contributed by atoms with Crippen molar-refractivity contribution in [1.82, 2.24) is 10.3 Å². The normalized spacial score (nSPS) is 11.0. The molecular formula is C9H16N2OS. The molecule has 0 radical (unpaired) electrons. The molecule has 0 spiro atoms. The van der Waals surface area contributed by atoms with Crippen molar-refractivity contribution in [3.8, 4) is 0 Å². The van der Waals surface area contributed by atoms with E-state index < -0.39 is 0 Å². The van der Waals surface area contributed by atoms with Gasteiger partial charge in [-0.3, -0.25) is 4.98 Å². The molecule has 0 aliphatic carbocycles. The highest BCUT2D eigenvalue weighted by molar-refractivity contribution is 7.09. The fourth-order valence-corrected chi connectivity index (χ4v) is 1.47. The van der Waals surface area contributed by atoms with Gasteiger partial charge in [0.15, 0.2) is 0 Å². The molecule has 0 aromatic carbocycles. The number of ether oxygens (including phenoxy) is 1. The van der Waals surface area contributed by atoms with E-state index in [-0.39, 0.29) is 0 Å². The summed E-state index contributed by atoms with van der Waals surface area (Å²) in [7, 11) is 0. The van der Waals surface area contributed by atoms with Crippen molar-refractivity contribution in [2.45, 2.75) is 26.5 Å². The Bertz CT molecular complexity index is 211. The van der Waals surface area contributed by atoms with Crippen LogP contribution < -0.4 is 5.32 Å². The van der Waals surface area contributed by atoms with Gasteiger partial charge in [0.2, 0.25) is 0 Å². The summed E-state index contributed by atoms with van der Waals surface area (Å²) < 4.78 is 5.39. The SMILES string of the molecule is CC(C)OCCNCc1cncs1. The second kappa shape index (κ2) is 6.07. The topological polar surface area (TPSA) is 34.1 Å². The van der Waals surface area contributed by atoms with E-state index in [0.717, 1.165) is 19.7 Å². The van der Waals surface area contributed by atoms with E-state index in [4.69, 9.17) is 4.74 Å². The molecule has 1 heterocycles. The van der Waals surface area contributed by atoms with Crippen molar-refractivity contribution >= 4 is 11.3 Å². The minimum Gasteiger partial charge on any atom is -0.377 e. The lowest BCUT2D eigenvalue weighted by Crippen LogP contribution is -2.20. The predicted octanol–water partition coefficient (Wildman–Crippen LogP) is 1.66. The van der Waals surface area contributed by atoms with Crippen LogP contribution in [0.5, 0.6) is 0 Å². The summed E-state index contributed by atoms with van der Waals surface area (Å²) in [4.78, 5) is 5.26. The second-order valence-corrected chi connectivity index (χ2v) is 4.03. The first kappa shape index (κ1) is 10.6. The van der Waals surface area contributed by atoms with Crippen molar-refractivity contribution in [3.05, 3.63) is 16.6 Å². The van der Waals surface area contributed by atoms with E-state index in [2.05, 4.69) is 10.3 Å². The van der Waals surface area contributed by atoms with Crippen LogP contribution in [-0.4, -0.2) is 24.2 Å².